The zero-order valence-corrected chi connectivity index (χ0v) is 17.3. The highest BCUT2D eigenvalue weighted by Gasteiger charge is 2.22. The number of aliphatic hydroxyl groups excluding tert-OH is 1. The Morgan fingerprint density at radius 3 is 2.00 bits per heavy atom. The Hall–Kier alpha value is -3.46. The molecule has 0 aromatic heterocycles. The highest BCUT2D eigenvalue weighted by Crippen LogP contribution is 1.97. The van der Waals surface area contributed by atoms with Gasteiger partial charge in [-0.1, -0.05) is 0 Å². The molecule has 0 unspecified atom stereocenters. The molecule has 0 aromatic rings. The summed E-state index contributed by atoms with van der Waals surface area (Å²) >= 11 is 0. The Morgan fingerprint density at radius 1 is 0.935 bits per heavy atom. The van der Waals surface area contributed by atoms with Gasteiger partial charge in [-0.15, -0.1) is 0 Å². The van der Waals surface area contributed by atoms with Crippen molar-refractivity contribution in [3.05, 3.63) is 0 Å². The van der Waals surface area contributed by atoms with E-state index in [9.17, 15) is 24.0 Å². The highest BCUT2D eigenvalue weighted by atomic mass is 16.3. The van der Waals surface area contributed by atoms with Gasteiger partial charge in [0.1, 0.15) is 18.1 Å². The maximum atomic E-state index is 12.4. The van der Waals surface area contributed by atoms with E-state index in [1.54, 1.807) is 0 Å². The van der Waals surface area contributed by atoms with Crippen molar-refractivity contribution in [3.8, 4) is 0 Å². The third-order valence-corrected chi connectivity index (χ3v) is 3.83. The van der Waals surface area contributed by atoms with Gasteiger partial charge in [-0.25, -0.2) is 0 Å². The van der Waals surface area contributed by atoms with Crippen LogP contribution in [-0.2, 0) is 24.0 Å². The maximum absolute atomic E-state index is 12.4. The monoisotopic (exact) mass is 446 g/mol. The predicted molar refractivity (Wildman–Crippen MR) is 108 cm³/mol. The van der Waals surface area contributed by atoms with Crippen LogP contribution in [-0.4, -0.2) is 85.0 Å². The molecule has 14 N–H and O–H groups in total. The number of nitrogens with two attached hydrogens (primary N) is 4. The SMILES string of the molecule is C[C@H](NC(=O)CNC(=O)[C@H](CCC[NH+]=C(N)N)NC(=O)CNC(=O)[C@@H](N)CO)C(N)=O. The first kappa shape index (κ1) is 27.5. The molecule has 3 atom stereocenters. The summed E-state index contributed by atoms with van der Waals surface area (Å²) in [7, 11) is 0. The third kappa shape index (κ3) is 12.7. The van der Waals surface area contributed by atoms with E-state index in [0.717, 1.165) is 0 Å². The number of aliphatic hydroxyl groups is 1. The minimum atomic E-state index is -1.18. The quantitative estimate of drug-likeness (QED) is 0.0688. The van der Waals surface area contributed by atoms with Gasteiger partial charge in [0, 0.05) is 0 Å². The van der Waals surface area contributed by atoms with E-state index in [1.807, 2.05) is 0 Å². The van der Waals surface area contributed by atoms with Crippen molar-refractivity contribution in [3.63, 3.8) is 0 Å². The smallest absolute Gasteiger partial charge is 0.338 e. The number of guanidine groups is 1. The molecule has 0 bridgehead atoms. The van der Waals surface area contributed by atoms with Gasteiger partial charge in [0.25, 0.3) is 0 Å². The fraction of sp³-hybridized carbons (Fsp3) is 0.625. The Labute approximate surface area is 178 Å². The molecule has 0 aliphatic rings. The molecule has 0 heterocycles. The van der Waals surface area contributed by atoms with Crippen molar-refractivity contribution in [2.75, 3.05) is 26.2 Å². The minimum absolute atomic E-state index is 0.00628. The standard InChI is InChI=1S/C16H31N9O6/c1-8(13(18)29)24-11(27)5-23-15(31)10(3-2-4-21-16(19)20)25-12(28)6-22-14(30)9(17)7-26/h8-10,26H,2-7,17H2,1H3,(H2,18,29)(H,22,30)(H,23,31)(H,24,27)(H,25,28)(H4,19,20,21)/p+1/t8-,9-,10-/m0/s1. The van der Waals surface area contributed by atoms with Crippen LogP contribution in [0.15, 0.2) is 0 Å². The molecule has 31 heavy (non-hydrogen) atoms. The lowest BCUT2D eigenvalue weighted by Crippen LogP contribution is -2.78. The Bertz CT molecular complexity index is 680. The van der Waals surface area contributed by atoms with E-state index in [-0.39, 0.29) is 12.4 Å². The normalized spacial score (nSPS) is 13.1. The second-order valence-electron chi connectivity index (χ2n) is 6.56. The van der Waals surface area contributed by atoms with E-state index in [4.69, 9.17) is 28.0 Å². The van der Waals surface area contributed by atoms with E-state index < -0.39 is 67.4 Å². The third-order valence-electron chi connectivity index (χ3n) is 3.83. The first-order chi connectivity index (χ1) is 14.5. The van der Waals surface area contributed by atoms with Gasteiger partial charge in [0.2, 0.25) is 29.5 Å². The van der Waals surface area contributed by atoms with Gasteiger partial charge in [-0.05, 0) is 19.8 Å². The van der Waals surface area contributed by atoms with Crippen molar-refractivity contribution < 1.29 is 34.1 Å². The summed E-state index contributed by atoms with van der Waals surface area (Å²) in [5.74, 6) is -3.50. The van der Waals surface area contributed by atoms with Crippen LogP contribution in [0.2, 0.25) is 0 Å². The maximum Gasteiger partial charge on any atom is 0.338 e. The van der Waals surface area contributed by atoms with Crippen LogP contribution in [0.1, 0.15) is 19.8 Å². The van der Waals surface area contributed by atoms with Crippen molar-refractivity contribution >= 4 is 35.5 Å². The molecule has 0 fully saturated rings. The topological polar surface area (TPSA) is 272 Å². The number of amides is 5. The molecule has 0 aliphatic carbocycles. The second kappa shape index (κ2) is 14.5. The molecular formula is C16H32N9O6+. The number of carbonyl (C=O) groups excluding carboxylic acids is 5. The van der Waals surface area contributed by atoms with Crippen molar-refractivity contribution in [2.24, 2.45) is 22.9 Å². The molecule has 176 valence electrons. The molecule has 0 saturated heterocycles. The Morgan fingerprint density at radius 2 is 1.48 bits per heavy atom. The van der Waals surface area contributed by atoms with Gasteiger partial charge in [0.05, 0.1) is 26.2 Å². The first-order valence-corrected chi connectivity index (χ1v) is 9.39. The van der Waals surface area contributed by atoms with Gasteiger partial charge in [-0.2, -0.15) is 0 Å². The van der Waals surface area contributed by atoms with Crippen LogP contribution in [0.3, 0.4) is 0 Å². The molecule has 0 rings (SSSR count). The van der Waals surface area contributed by atoms with Crippen LogP contribution in [0.5, 0.6) is 0 Å². The Kier molecular flexibility index (Phi) is 12.9. The molecular weight excluding hydrogens is 414 g/mol. The van der Waals surface area contributed by atoms with E-state index in [2.05, 4.69) is 26.3 Å². The van der Waals surface area contributed by atoms with Crippen LogP contribution in [0.4, 0.5) is 0 Å². The lowest BCUT2D eigenvalue weighted by molar-refractivity contribution is -0.459. The summed E-state index contributed by atoms with van der Waals surface area (Å²) < 4.78 is 0. The lowest BCUT2D eigenvalue weighted by Gasteiger charge is -2.19. The molecule has 0 spiro atoms. The van der Waals surface area contributed by atoms with Crippen LogP contribution in [0.25, 0.3) is 0 Å². The predicted octanol–water partition coefficient (Wildman–Crippen LogP) is -7.85. The molecule has 15 nitrogen and oxygen atoms in total. The number of carbonyl (C=O) groups is 5. The average Bonchev–Trinajstić information content (AvgIpc) is 2.71. The summed E-state index contributed by atoms with van der Waals surface area (Å²) in [5, 5.41) is 18.1. The molecule has 5 amide bonds. The van der Waals surface area contributed by atoms with Crippen LogP contribution < -0.4 is 49.2 Å². The molecule has 0 aromatic carbocycles. The van der Waals surface area contributed by atoms with E-state index in [1.165, 1.54) is 6.92 Å². The molecule has 0 saturated carbocycles. The zero-order chi connectivity index (χ0) is 24.0. The summed E-state index contributed by atoms with van der Waals surface area (Å²) in [6.07, 6.45) is 0.532. The number of rotatable bonds is 14. The average molecular weight is 446 g/mol. The Balaban J connectivity index is 4.82. The van der Waals surface area contributed by atoms with E-state index >= 15 is 0 Å². The summed E-state index contributed by atoms with van der Waals surface area (Å²) in [6.45, 7) is 0.181. The van der Waals surface area contributed by atoms with E-state index in [0.29, 0.717) is 13.0 Å². The molecule has 15 heteroatoms. The highest BCUT2D eigenvalue weighted by molar-refractivity contribution is 5.93. The number of hydrogen-bond acceptors (Lipinski definition) is 7. The zero-order valence-electron chi connectivity index (χ0n) is 17.3. The van der Waals surface area contributed by atoms with Gasteiger partial charge in [-0.3, -0.25) is 40.4 Å². The fourth-order valence-electron chi connectivity index (χ4n) is 2.09. The summed E-state index contributed by atoms with van der Waals surface area (Å²) in [6, 6.07) is -3.15. The van der Waals surface area contributed by atoms with Crippen molar-refractivity contribution in [1.82, 2.24) is 21.3 Å². The first-order valence-electron chi connectivity index (χ1n) is 9.39. The van der Waals surface area contributed by atoms with Crippen LogP contribution in [0, 0.1) is 0 Å². The summed E-state index contributed by atoms with van der Waals surface area (Å²) in [4.78, 5) is 61.4. The largest absolute Gasteiger partial charge is 0.394 e. The second-order valence-corrected chi connectivity index (χ2v) is 6.56. The van der Waals surface area contributed by atoms with Crippen molar-refractivity contribution in [1.29, 1.82) is 0 Å². The van der Waals surface area contributed by atoms with Crippen molar-refractivity contribution in [2.45, 2.75) is 37.9 Å². The number of nitrogens with one attached hydrogen (secondary N) is 5. The fourth-order valence-corrected chi connectivity index (χ4v) is 2.09. The van der Waals surface area contributed by atoms with Gasteiger partial charge < -0.3 is 37.8 Å². The van der Waals surface area contributed by atoms with Gasteiger partial charge in [0.15, 0.2) is 0 Å². The lowest BCUT2D eigenvalue weighted by atomic mass is 10.1. The van der Waals surface area contributed by atoms with Crippen LogP contribution >= 0.6 is 0 Å². The number of primary amides is 1. The summed E-state index contributed by atoms with van der Waals surface area (Å²) in [5.41, 5.74) is 20.9. The van der Waals surface area contributed by atoms with Gasteiger partial charge >= 0.3 is 5.96 Å². The number of hydrogen-bond donors (Lipinski definition) is 10. The molecule has 0 aliphatic heterocycles. The minimum Gasteiger partial charge on any atom is -0.394 e. The molecule has 0 radical (unpaired) electrons.